The summed E-state index contributed by atoms with van der Waals surface area (Å²) in [7, 11) is 0. The van der Waals surface area contributed by atoms with Gasteiger partial charge in [0.25, 0.3) is 0 Å². The second-order valence-corrected chi connectivity index (χ2v) is 7.70. The highest BCUT2D eigenvalue weighted by Gasteiger charge is 2.35. The van der Waals surface area contributed by atoms with Crippen molar-refractivity contribution in [2.24, 2.45) is 5.73 Å². The summed E-state index contributed by atoms with van der Waals surface area (Å²) < 4.78 is 38.6. The Morgan fingerprint density at radius 1 is 1.43 bits per heavy atom. The van der Waals surface area contributed by atoms with Crippen LogP contribution in [0, 0.1) is 0 Å². The van der Waals surface area contributed by atoms with E-state index < -0.39 is 11.9 Å². The van der Waals surface area contributed by atoms with Crippen LogP contribution in [-0.4, -0.2) is 33.6 Å². The molecule has 2 heterocycles. The number of halogens is 3. The predicted molar refractivity (Wildman–Crippen MR) is 83.9 cm³/mol. The van der Waals surface area contributed by atoms with Crippen LogP contribution in [-0.2, 0) is 6.18 Å². The summed E-state index contributed by atoms with van der Waals surface area (Å²) in [6.07, 6.45) is -4.48. The molecule has 1 saturated heterocycles. The van der Waals surface area contributed by atoms with Gasteiger partial charge in [-0.1, -0.05) is 12.2 Å². The fraction of sp³-hybridized carbons (Fsp3) is 0.538. The Hall–Kier alpha value is -1.02. The van der Waals surface area contributed by atoms with Crippen molar-refractivity contribution in [1.82, 2.24) is 4.98 Å². The monoisotopic (exact) mass is 335 g/mol. The van der Waals surface area contributed by atoms with E-state index in [1.165, 1.54) is 6.07 Å². The normalized spacial score (nSPS) is 18.6. The van der Waals surface area contributed by atoms with Gasteiger partial charge in [0.1, 0.15) is 16.5 Å². The molecular formula is C13H16F3N3S2. The summed E-state index contributed by atoms with van der Waals surface area (Å²) in [5.41, 5.74) is 5.09. The lowest BCUT2D eigenvalue weighted by Gasteiger charge is -2.39. The second kappa shape index (κ2) is 5.64. The van der Waals surface area contributed by atoms with Crippen LogP contribution in [0.15, 0.2) is 12.1 Å². The Balaban J connectivity index is 2.46. The molecule has 2 N–H and O–H groups in total. The zero-order valence-electron chi connectivity index (χ0n) is 11.7. The Bertz CT molecular complexity index is 558. The van der Waals surface area contributed by atoms with Gasteiger partial charge in [-0.15, -0.1) is 0 Å². The van der Waals surface area contributed by atoms with Gasteiger partial charge >= 0.3 is 6.18 Å². The van der Waals surface area contributed by atoms with Crippen molar-refractivity contribution in [3.05, 3.63) is 23.4 Å². The van der Waals surface area contributed by atoms with Crippen molar-refractivity contribution in [2.75, 3.05) is 23.7 Å². The van der Waals surface area contributed by atoms with Crippen molar-refractivity contribution in [2.45, 2.75) is 24.8 Å². The van der Waals surface area contributed by atoms with Crippen LogP contribution in [0.3, 0.4) is 0 Å². The molecule has 0 spiro atoms. The molecular weight excluding hydrogens is 319 g/mol. The molecule has 0 atom stereocenters. The lowest BCUT2D eigenvalue weighted by atomic mass is 10.1. The van der Waals surface area contributed by atoms with Crippen LogP contribution in [0.4, 0.5) is 19.0 Å². The van der Waals surface area contributed by atoms with Gasteiger partial charge in [0.05, 0.1) is 5.56 Å². The highest BCUT2D eigenvalue weighted by molar-refractivity contribution is 8.00. The van der Waals surface area contributed by atoms with Gasteiger partial charge in [0.15, 0.2) is 0 Å². The van der Waals surface area contributed by atoms with Crippen LogP contribution >= 0.6 is 24.0 Å². The third-order valence-electron chi connectivity index (χ3n) is 3.16. The molecule has 1 aliphatic heterocycles. The number of pyridine rings is 1. The molecule has 0 radical (unpaired) electrons. The van der Waals surface area contributed by atoms with Crippen molar-refractivity contribution >= 4 is 34.8 Å². The second-order valence-electron chi connectivity index (χ2n) is 5.46. The Labute approximate surface area is 131 Å². The Kier molecular flexibility index (Phi) is 4.39. The first-order valence-electron chi connectivity index (χ1n) is 6.37. The topological polar surface area (TPSA) is 42.2 Å². The molecule has 2 rings (SSSR count). The number of nitrogens with two attached hydrogens (primary N) is 1. The quantitative estimate of drug-likeness (QED) is 0.842. The van der Waals surface area contributed by atoms with Crippen molar-refractivity contribution in [3.63, 3.8) is 0 Å². The van der Waals surface area contributed by atoms with E-state index >= 15 is 0 Å². The van der Waals surface area contributed by atoms with E-state index in [2.05, 4.69) is 18.8 Å². The van der Waals surface area contributed by atoms with Crippen molar-refractivity contribution in [3.8, 4) is 0 Å². The number of thiocarbonyl (C=S) groups is 1. The average molecular weight is 335 g/mol. The molecule has 0 unspecified atom stereocenters. The molecule has 0 amide bonds. The summed E-state index contributed by atoms with van der Waals surface area (Å²) in [5.74, 6) is 1.05. The Morgan fingerprint density at radius 3 is 2.62 bits per heavy atom. The lowest BCUT2D eigenvalue weighted by Crippen LogP contribution is -2.44. The van der Waals surface area contributed by atoms with Crippen molar-refractivity contribution < 1.29 is 13.2 Å². The molecule has 1 aromatic heterocycles. The third-order valence-corrected chi connectivity index (χ3v) is 4.67. The number of nitrogens with zero attached hydrogens (tertiary/aromatic N) is 2. The summed E-state index contributed by atoms with van der Waals surface area (Å²) in [6, 6.07) is 2.23. The zero-order chi connectivity index (χ0) is 15.8. The van der Waals surface area contributed by atoms with Gasteiger partial charge in [-0.2, -0.15) is 24.9 Å². The van der Waals surface area contributed by atoms with Crippen molar-refractivity contribution in [1.29, 1.82) is 0 Å². The molecule has 1 aliphatic rings. The number of thioether (sulfide) groups is 1. The molecule has 21 heavy (non-hydrogen) atoms. The minimum absolute atomic E-state index is 0.0539. The number of hydrogen-bond donors (Lipinski definition) is 1. The van der Waals surface area contributed by atoms with E-state index in [-0.39, 0.29) is 15.6 Å². The first kappa shape index (κ1) is 16.4. The van der Waals surface area contributed by atoms with Crippen LogP contribution in [0.1, 0.15) is 25.1 Å². The maximum atomic E-state index is 12.9. The number of alkyl halides is 3. The number of anilines is 1. The van der Waals surface area contributed by atoms with E-state index in [4.69, 9.17) is 18.0 Å². The maximum Gasteiger partial charge on any atom is 0.433 e. The zero-order valence-corrected chi connectivity index (χ0v) is 13.3. The van der Waals surface area contributed by atoms with E-state index in [1.54, 1.807) is 11.8 Å². The summed E-state index contributed by atoms with van der Waals surface area (Å²) in [5, 5.41) is 0. The minimum atomic E-state index is -4.48. The summed E-state index contributed by atoms with van der Waals surface area (Å²) in [6.45, 7) is 5.33. The largest absolute Gasteiger partial charge is 0.433 e. The van der Waals surface area contributed by atoms with Crippen LogP contribution in [0.5, 0.6) is 0 Å². The van der Waals surface area contributed by atoms with Gasteiger partial charge in [0.2, 0.25) is 0 Å². The SMILES string of the molecule is CC1(C)CN(c2nc(C(F)(F)F)ccc2C(N)=S)CCS1. The van der Waals surface area contributed by atoms with Gasteiger partial charge < -0.3 is 10.6 Å². The van der Waals surface area contributed by atoms with E-state index in [0.717, 1.165) is 11.8 Å². The summed E-state index contributed by atoms with van der Waals surface area (Å²) >= 11 is 6.72. The van der Waals surface area contributed by atoms with Crippen LogP contribution in [0.25, 0.3) is 0 Å². The number of rotatable bonds is 2. The van der Waals surface area contributed by atoms with E-state index in [0.29, 0.717) is 18.7 Å². The van der Waals surface area contributed by atoms with Gasteiger partial charge in [-0.25, -0.2) is 4.98 Å². The number of aromatic nitrogens is 1. The first-order valence-corrected chi connectivity index (χ1v) is 7.76. The van der Waals surface area contributed by atoms with E-state index in [1.807, 2.05) is 4.90 Å². The molecule has 0 aromatic carbocycles. The van der Waals surface area contributed by atoms with Crippen LogP contribution in [0.2, 0.25) is 0 Å². The molecule has 8 heteroatoms. The van der Waals surface area contributed by atoms with Crippen LogP contribution < -0.4 is 10.6 Å². The fourth-order valence-corrected chi connectivity index (χ4v) is 3.51. The van der Waals surface area contributed by atoms with Gasteiger partial charge in [-0.05, 0) is 26.0 Å². The smallest absolute Gasteiger partial charge is 0.389 e. The maximum absolute atomic E-state index is 12.9. The fourth-order valence-electron chi connectivity index (χ4n) is 2.24. The molecule has 0 saturated carbocycles. The predicted octanol–water partition coefficient (Wildman–Crippen LogP) is 3.07. The molecule has 0 bridgehead atoms. The molecule has 1 fully saturated rings. The highest BCUT2D eigenvalue weighted by atomic mass is 32.2. The summed E-state index contributed by atoms with van der Waals surface area (Å²) in [4.78, 5) is 5.67. The highest BCUT2D eigenvalue weighted by Crippen LogP contribution is 2.35. The minimum Gasteiger partial charge on any atom is -0.389 e. The molecule has 0 aliphatic carbocycles. The van der Waals surface area contributed by atoms with Gasteiger partial charge in [-0.3, -0.25) is 0 Å². The number of hydrogen-bond acceptors (Lipinski definition) is 4. The standard InChI is InChI=1S/C13H16F3N3S2/c1-12(2)7-19(5-6-21-12)11-8(10(17)20)3-4-9(18-11)13(14,15)16/h3-4H,5-7H2,1-2H3,(H2,17,20). The lowest BCUT2D eigenvalue weighted by molar-refractivity contribution is -0.141. The Morgan fingerprint density at radius 2 is 2.10 bits per heavy atom. The molecule has 3 nitrogen and oxygen atoms in total. The third kappa shape index (κ3) is 3.79. The van der Waals surface area contributed by atoms with E-state index in [9.17, 15) is 13.2 Å². The molecule has 1 aromatic rings. The average Bonchev–Trinajstić information content (AvgIpc) is 2.35. The first-order chi connectivity index (χ1) is 9.60. The molecule has 116 valence electrons. The van der Waals surface area contributed by atoms with Gasteiger partial charge in [0, 0.05) is 23.6 Å².